The summed E-state index contributed by atoms with van der Waals surface area (Å²) in [5, 5.41) is 3.24. The molecule has 3 atom stereocenters. The van der Waals surface area contributed by atoms with Gasteiger partial charge in [0.1, 0.15) is 11.6 Å². The summed E-state index contributed by atoms with van der Waals surface area (Å²) in [6, 6.07) is 13.4. The molecule has 402 valence electrons. The molecule has 2 amide bonds. The Kier molecular flexibility index (Phi) is 19.9. The zero-order chi connectivity index (χ0) is 54.1. The molecule has 7 nitrogen and oxygen atoms in total. The normalized spacial score (nSPS) is 16.8. The second kappa shape index (κ2) is 24.8. The van der Waals surface area contributed by atoms with Gasteiger partial charge < -0.3 is 24.8 Å². The van der Waals surface area contributed by atoms with Crippen LogP contribution in [0.3, 0.4) is 0 Å². The maximum absolute atomic E-state index is 13.6. The quantitative estimate of drug-likeness (QED) is 0.120. The molecule has 21 heteroatoms. The topological polar surface area (TPSA) is 65.1 Å². The van der Waals surface area contributed by atoms with Crippen LogP contribution in [0.4, 0.5) is 61.5 Å². The van der Waals surface area contributed by atoms with Gasteiger partial charge in [-0.15, -0.1) is 0 Å². The Morgan fingerprint density at radius 3 is 1.41 bits per heavy atom. The van der Waals surface area contributed by atoms with E-state index >= 15 is 0 Å². The van der Waals surface area contributed by atoms with E-state index in [1.54, 1.807) is 31.4 Å². The van der Waals surface area contributed by atoms with E-state index in [4.69, 9.17) is 4.74 Å². The number of alkyl halides is 12. The number of hydrogen-bond donors (Lipinski definition) is 1. The van der Waals surface area contributed by atoms with E-state index < -0.39 is 83.0 Å². The van der Waals surface area contributed by atoms with Crippen molar-refractivity contribution in [1.29, 1.82) is 0 Å². The lowest BCUT2D eigenvalue weighted by Gasteiger charge is -2.36. The second-order valence-electron chi connectivity index (χ2n) is 18.7. The van der Waals surface area contributed by atoms with Gasteiger partial charge in [-0.2, -0.15) is 52.7 Å². The molecule has 2 aliphatic heterocycles. The van der Waals surface area contributed by atoms with Crippen LogP contribution in [0, 0.1) is 23.5 Å². The predicted octanol–water partition coefficient (Wildman–Crippen LogP) is 12.9. The number of piperidine rings is 2. The van der Waals surface area contributed by atoms with Crippen molar-refractivity contribution in [2.75, 3.05) is 60.5 Å². The third-order valence-corrected chi connectivity index (χ3v) is 13.7. The van der Waals surface area contributed by atoms with Crippen LogP contribution in [0.25, 0.3) is 0 Å². The smallest absolute Gasteiger partial charge is 0.383 e. The largest absolute Gasteiger partial charge is 0.416 e. The number of benzene rings is 4. The van der Waals surface area contributed by atoms with Crippen molar-refractivity contribution in [3.05, 3.63) is 141 Å². The summed E-state index contributed by atoms with van der Waals surface area (Å²) < 4.78 is 191. The number of likely N-dealkylation sites (tertiary alicyclic amines) is 1. The molecule has 0 aliphatic carbocycles. The molecule has 0 saturated carbocycles. The molecule has 2 fully saturated rings. The number of ether oxygens (including phenoxy) is 1. The van der Waals surface area contributed by atoms with Crippen molar-refractivity contribution in [1.82, 2.24) is 20.0 Å². The van der Waals surface area contributed by atoms with Crippen molar-refractivity contribution < 1.29 is 75.8 Å². The first kappa shape index (κ1) is 58.6. The first-order chi connectivity index (χ1) is 34.0. The summed E-state index contributed by atoms with van der Waals surface area (Å²) in [7, 11) is 4.35. The van der Waals surface area contributed by atoms with Crippen LogP contribution in [0.1, 0.15) is 108 Å². The van der Waals surface area contributed by atoms with Gasteiger partial charge in [0.25, 0.3) is 0 Å². The van der Waals surface area contributed by atoms with Gasteiger partial charge in [-0.25, -0.2) is 8.78 Å². The monoisotopic (exact) mass is 1050 g/mol. The zero-order valence-electron chi connectivity index (χ0n) is 40.5. The Balaban J connectivity index is 0.000000272. The molecule has 0 spiro atoms. The van der Waals surface area contributed by atoms with Crippen LogP contribution < -0.4 is 5.32 Å². The minimum absolute atomic E-state index is 0.00221. The van der Waals surface area contributed by atoms with Crippen molar-refractivity contribution in [3.8, 4) is 0 Å². The molecule has 73 heavy (non-hydrogen) atoms. The zero-order valence-corrected chi connectivity index (χ0v) is 40.5. The number of nitrogens with zero attached hydrogens (tertiary/aromatic N) is 3. The molecule has 3 unspecified atom stereocenters. The van der Waals surface area contributed by atoms with Crippen LogP contribution in [0.2, 0.25) is 0 Å². The summed E-state index contributed by atoms with van der Waals surface area (Å²) in [6.45, 7) is 5.45. The van der Waals surface area contributed by atoms with Crippen molar-refractivity contribution >= 4 is 11.8 Å². The Bertz CT molecular complexity index is 2350. The van der Waals surface area contributed by atoms with Gasteiger partial charge in [0.05, 0.1) is 34.9 Å². The standard InChI is InChI=1S/C27H31F7N2O2.C25H27F7N2O/c1-35(17-18-13-21(26(29,30)31)15-22(14-18)27(32,33)34)25(37)16-24(19-3-5-23(28)6-4-19)20-7-9-36(10-8-20)11-12-38-2;1-15(18-11-19(24(27,28)29)13-20(12-18)25(30,31)32)34(2)23(35)14-22(17-7-9-33-10-8-17)16-3-5-21(26)6-4-16/h3-6,13-15,20,24H,7-12,16-17H2,1-2H3;3-6,11-13,15,17,22,33H,7-10,14H2,1-2H3. The fourth-order valence-electron chi connectivity index (χ4n) is 9.39. The highest BCUT2D eigenvalue weighted by atomic mass is 19.4. The van der Waals surface area contributed by atoms with E-state index in [-0.39, 0.29) is 59.8 Å². The molecule has 0 radical (unpaired) electrons. The fraction of sp³-hybridized carbons (Fsp3) is 0.500. The highest BCUT2D eigenvalue weighted by Gasteiger charge is 2.40. The Morgan fingerprint density at radius 2 is 1.00 bits per heavy atom. The van der Waals surface area contributed by atoms with E-state index in [0.717, 1.165) is 74.4 Å². The number of methoxy groups -OCH3 is 1. The molecule has 2 aliphatic rings. The van der Waals surface area contributed by atoms with Gasteiger partial charge in [-0.3, -0.25) is 9.59 Å². The lowest BCUT2D eigenvalue weighted by atomic mass is 9.78. The summed E-state index contributed by atoms with van der Waals surface area (Å²) >= 11 is 0. The van der Waals surface area contributed by atoms with E-state index in [0.29, 0.717) is 30.9 Å². The molecule has 2 saturated heterocycles. The lowest BCUT2D eigenvalue weighted by Crippen LogP contribution is -2.38. The van der Waals surface area contributed by atoms with E-state index in [9.17, 15) is 71.1 Å². The van der Waals surface area contributed by atoms with Crippen LogP contribution in [-0.2, 0) is 45.6 Å². The first-order valence-corrected chi connectivity index (χ1v) is 23.5. The SMILES string of the molecule is CC(c1cc(C(F)(F)F)cc(C(F)(F)F)c1)N(C)C(=O)CC(c1ccc(F)cc1)C1CCNCC1.COCCN1CCC(C(CC(=O)N(C)Cc2cc(C(F)(F)F)cc(C(F)(F)F)c2)c2ccc(F)cc2)CC1. The van der Waals surface area contributed by atoms with E-state index in [1.807, 2.05) is 0 Å². The van der Waals surface area contributed by atoms with E-state index in [1.165, 1.54) is 50.2 Å². The molecule has 4 aromatic rings. The summed E-state index contributed by atoms with van der Waals surface area (Å²) in [4.78, 5) is 31.0. The number of rotatable bonds is 15. The Morgan fingerprint density at radius 1 is 0.603 bits per heavy atom. The average Bonchev–Trinajstić information content (AvgIpc) is 3.33. The number of hydrogen-bond acceptors (Lipinski definition) is 5. The average molecular weight is 1050 g/mol. The van der Waals surface area contributed by atoms with Crippen LogP contribution in [0.5, 0.6) is 0 Å². The molecule has 1 N–H and O–H groups in total. The van der Waals surface area contributed by atoms with Crippen LogP contribution in [0.15, 0.2) is 84.9 Å². The second-order valence-corrected chi connectivity index (χ2v) is 18.7. The minimum Gasteiger partial charge on any atom is -0.383 e. The summed E-state index contributed by atoms with van der Waals surface area (Å²) in [5.74, 6) is -1.99. The number of carbonyl (C=O) groups excluding carboxylic acids is 2. The van der Waals surface area contributed by atoms with Gasteiger partial charge in [-0.1, -0.05) is 24.3 Å². The fourth-order valence-corrected chi connectivity index (χ4v) is 9.39. The van der Waals surface area contributed by atoms with Crippen molar-refractivity contribution in [2.45, 2.75) is 94.6 Å². The van der Waals surface area contributed by atoms with Gasteiger partial charge in [0, 0.05) is 47.1 Å². The summed E-state index contributed by atoms with van der Waals surface area (Å²) in [6.07, 6.45) is -16.7. The maximum atomic E-state index is 13.6. The Hall–Kier alpha value is -5.28. The van der Waals surface area contributed by atoms with Gasteiger partial charge in [-0.05, 0) is 165 Å². The highest BCUT2D eigenvalue weighted by molar-refractivity contribution is 5.78. The maximum Gasteiger partial charge on any atom is 0.416 e. The van der Waals surface area contributed by atoms with Crippen molar-refractivity contribution in [3.63, 3.8) is 0 Å². The molecular weight excluding hydrogens is 995 g/mol. The van der Waals surface area contributed by atoms with Gasteiger partial charge in [0.2, 0.25) is 11.8 Å². The Labute approximate surface area is 414 Å². The third kappa shape index (κ3) is 16.9. The lowest BCUT2D eigenvalue weighted by molar-refractivity contribution is -0.144. The van der Waals surface area contributed by atoms with E-state index in [2.05, 4.69) is 10.2 Å². The highest BCUT2D eigenvalue weighted by Crippen LogP contribution is 2.41. The van der Waals surface area contributed by atoms with Crippen LogP contribution in [-0.4, -0.2) is 87.0 Å². The van der Waals surface area contributed by atoms with Crippen molar-refractivity contribution in [2.24, 2.45) is 11.8 Å². The van der Waals surface area contributed by atoms with Gasteiger partial charge >= 0.3 is 24.7 Å². The summed E-state index contributed by atoms with van der Waals surface area (Å²) in [5.41, 5.74) is -4.69. The first-order valence-electron chi connectivity index (χ1n) is 23.5. The van der Waals surface area contributed by atoms with Gasteiger partial charge in [0.15, 0.2) is 0 Å². The molecule has 6 rings (SSSR count). The number of amides is 2. The third-order valence-electron chi connectivity index (χ3n) is 13.7. The number of halogens is 14. The molecule has 4 aromatic carbocycles. The molecule has 0 bridgehead atoms. The predicted molar refractivity (Wildman–Crippen MR) is 245 cm³/mol. The molecule has 2 heterocycles. The number of carbonyl (C=O) groups is 2. The minimum atomic E-state index is -4.97. The van der Waals surface area contributed by atoms with Crippen LogP contribution >= 0.6 is 0 Å². The number of nitrogens with one attached hydrogen (secondary N) is 1. The molecular formula is C52H58F14N4O3. The molecule has 0 aromatic heterocycles.